The Morgan fingerprint density at radius 2 is 2.18 bits per heavy atom. The van der Waals surface area contributed by atoms with Gasteiger partial charge in [-0.2, -0.15) is 0 Å². The van der Waals surface area contributed by atoms with Crippen LogP contribution in [0.4, 0.5) is 0 Å². The molecular weight excluding hydrogens is 212 g/mol. The van der Waals surface area contributed by atoms with Gasteiger partial charge in [-0.15, -0.1) is 0 Å². The number of hydrogen-bond acceptors (Lipinski definition) is 3. The quantitative estimate of drug-likeness (QED) is 0.768. The Kier molecular flexibility index (Phi) is 4.95. The number of aryl methyl sites for hydroxylation is 1. The number of nitrogens with zero attached hydrogens (tertiary/aromatic N) is 1. The van der Waals surface area contributed by atoms with Crippen LogP contribution in [0.25, 0.3) is 0 Å². The molecule has 1 fully saturated rings. The van der Waals surface area contributed by atoms with Crippen LogP contribution in [0.5, 0.6) is 0 Å². The first-order chi connectivity index (χ1) is 8.34. The summed E-state index contributed by atoms with van der Waals surface area (Å²) in [6.45, 7) is 4.63. The third kappa shape index (κ3) is 4.44. The van der Waals surface area contributed by atoms with Crippen molar-refractivity contribution in [2.45, 2.75) is 45.3 Å². The Hall–Kier alpha value is -0.930. The summed E-state index contributed by atoms with van der Waals surface area (Å²) in [6, 6.07) is 4.17. The highest BCUT2D eigenvalue weighted by atomic mass is 16.5. The zero-order valence-electron chi connectivity index (χ0n) is 10.6. The van der Waals surface area contributed by atoms with Gasteiger partial charge in [-0.3, -0.25) is 4.98 Å². The maximum Gasteiger partial charge on any atom is 0.0594 e. The maximum absolute atomic E-state index is 5.78. The van der Waals surface area contributed by atoms with Crippen LogP contribution in [0, 0.1) is 6.92 Å². The summed E-state index contributed by atoms with van der Waals surface area (Å²) >= 11 is 0. The van der Waals surface area contributed by atoms with Crippen molar-refractivity contribution in [3.05, 3.63) is 29.6 Å². The molecule has 94 valence electrons. The average molecular weight is 234 g/mol. The summed E-state index contributed by atoms with van der Waals surface area (Å²) in [5.74, 6) is 0. The van der Waals surface area contributed by atoms with Gasteiger partial charge in [-0.05, 0) is 31.4 Å². The Bertz CT molecular complexity index is 317. The number of aromatic nitrogens is 1. The molecule has 3 nitrogen and oxygen atoms in total. The smallest absolute Gasteiger partial charge is 0.0594 e. The average Bonchev–Trinajstić information content (AvgIpc) is 2.84. The largest absolute Gasteiger partial charge is 0.377 e. The van der Waals surface area contributed by atoms with E-state index >= 15 is 0 Å². The molecule has 0 atom stereocenters. The van der Waals surface area contributed by atoms with Crippen LogP contribution in [0.2, 0.25) is 0 Å². The molecular formula is C14H22N2O. The highest BCUT2D eigenvalue weighted by Crippen LogP contribution is 2.20. The van der Waals surface area contributed by atoms with Gasteiger partial charge in [0, 0.05) is 25.0 Å². The summed E-state index contributed by atoms with van der Waals surface area (Å²) < 4.78 is 5.78. The summed E-state index contributed by atoms with van der Waals surface area (Å²) in [6.07, 6.45) is 7.64. The molecule has 1 heterocycles. The first-order valence-corrected chi connectivity index (χ1v) is 6.58. The Morgan fingerprint density at radius 3 is 2.88 bits per heavy atom. The van der Waals surface area contributed by atoms with Crippen LogP contribution in [-0.2, 0) is 11.3 Å². The molecule has 0 radical (unpaired) electrons. The standard InChI is InChI=1S/C14H22N2O/c1-12-6-7-13(11-16-12)10-15-8-9-17-14-4-2-3-5-14/h6-7,11,14-15H,2-5,8-10H2,1H3. The molecule has 0 bridgehead atoms. The molecule has 0 saturated heterocycles. The summed E-state index contributed by atoms with van der Waals surface area (Å²) in [7, 11) is 0. The van der Waals surface area contributed by atoms with Crippen molar-refractivity contribution in [1.29, 1.82) is 0 Å². The molecule has 0 unspecified atom stereocenters. The zero-order chi connectivity index (χ0) is 11.9. The third-order valence-corrected chi connectivity index (χ3v) is 3.24. The first kappa shape index (κ1) is 12.5. The minimum atomic E-state index is 0.526. The molecule has 0 amide bonds. The van der Waals surface area contributed by atoms with Crippen molar-refractivity contribution >= 4 is 0 Å². The van der Waals surface area contributed by atoms with E-state index in [1.807, 2.05) is 19.2 Å². The van der Waals surface area contributed by atoms with E-state index < -0.39 is 0 Å². The van der Waals surface area contributed by atoms with Gasteiger partial charge < -0.3 is 10.1 Å². The molecule has 0 spiro atoms. The molecule has 1 saturated carbocycles. The van der Waals surface area contributed by atoms with Crippen molar-refractivity contribution in [3.8, 4) is 0 Å². The Labute approximate surface area is 104 Å². The third-order valence-electron chi connectivity index (χ3n) is 3.24. The molecule has 2 rings (SSSR count). The van der Waals surface area contributed by atoms with Gasteiger partial charge >= 0.3 is 0 Å². The molecule has 1 aliphatic carbocycles. The SMILES string of the molecule is Cc1ccc(CNCCOC2CCCC2)cn1. The molecule has 3 heteroatoms. The van der Waals surface area contributed by atoms with Gasteiger partial charge in [0.05, 0.1) is 12.7 Å². The Morgan fingerprint density at radius 1 is 1.35 bits per heavy atom. The molecule has 1 aromatic rings. The summed E-state index contributed by atoms with van der Waals surface area (Å²) in [5.41, 5.74) is 2.30. The highest BCUT2D eigenvalue weighted by Gasteiger charge is 2.14. The van der Waals surface area contributed by atoms with E-state index in [4.69, 9.17) is 4.74 Å². The van der Waals surface area contributed by atoms with Crippen LogP contribution < -0.4 is 5.32 Å². The lowest BCUT2D eigenvalue weighted by Crippen LogP contribution is -2.21. The lowest BCUT2D eigenvalue weighted by atomic mass is 10.2. The second kappa shape index (κ2) is 6.72. The van der Waals surface area contributed by atoms with E-state index in [0.29, 0.717) is 6.10 Å². The van der Waals surface area contributed by atoms with Crippen LogP contribution in [0.3, 0.4) is 0 Å². The lowest BCUT2D eigenvalue weighted by Gasteiger charge is -2.11. The summed E-state index contributed by atoms with van der Waals surface area (Å²) in [4.78, 5) is 4.27. The Balaban J connectivity index is 1.55. The topological polar surface area (TPSA) is 34.1 Å². The van der Waals surface area contributed by atoms with Crippen molar-refractivity contribution < 1.29 is 4.74 Å². The molecule has 17 heavy (non-hydrogen) atoms. The number of nitrogens with one attached hydrogen (secondary N) is 1. The van der Waals surface area contributed by atoms with Crippen LogP contribution >= 0.6 is 0 Å². The predicted molar refractivity (Wildman–Crippen MR) is 68.9 cm³/mol. The normalized spacial score (nSPS) is 16.5. The molecule has 0 aromatic carbocycles. The number of hydrogen-bond donors (Lipinski definition) is 1. The fraction of sp³-hybridized carbons (Fsp3) is 0.643. The summed E-state index contributed by atoms with van der Waals surface area (Å²) in [5, 5.41) is 3.38. The fourth-order valence-electron chi connectivity index (χ4n) is 2.19. The van der Waals surface area contributed by atoms with E-state index in [9.17, 15) is 0 Å². The van der Waals surface area contributed by atoms with Gasteiger partial charge in [-0.1, -0.05) is 18.9 Å². The maximum atomic E-state index is 5.78. The van der Waals surface area contributed by atoms with Gasteiger partial charge in [-0.25, -0.2) is 0 Å². The van der Waals surface area contributed by atoms with Gasteiger partial charge in [0.15, 0.2) is 0 Å². The van der Waals surface area contributed by atoms with Gasteiger partial charge in [0.2, 0.25) is 0 Å². The molecule has 1 N–H and O–H groups in total. The van der Waals surface area contributed by atoms with Crippen molar-refractivity contribution in [2.75, 3.05) is 13.2 Å². The van der Waals surface area contributed by atoms with Crippen molar-refractivity contribution in [1.82, 2.24) is 10.3 Å². The van der Waals surface area contributed by atoms with E-state index in [1.54, 1.807) is 0 Å². The number of ether oxygens (including phenoxy) is 1. The number of rotatable bonds is 6. The van der Waals surface area contributed by atoms with Gasteiger partial charge in [0.25, 0.3) is 0 Å². The van der Waals surface area contributed by atoms with Crippen LogP contribution in [0.15, 0.2) is 18.3 Å². The first-order valence-electron chi connectivity index (χ1n) is 6.58. The molecule has 1 aromatic heterocycles. The lowest BCUT2D eigenvalue weighted by molar-refractivity contribution is 0.0602. The van der Waals surface area contributed by atoms with E-state index in [1.165, 1.54) is 31.2 Å². The van der Waals surface area contributed by atoms with E-state index in [0.717, 1.165) is 25.4 Å². The van der Waals surface area contributed by atoms with Crippen molar-refractivity contribution in [3.63, 3.8) is 0 Å². The molecule has 0 aliphatic heterocycles. The zero-order valence-corrected chi connectivity index (χ0v) is 10.6. The van der Waals surface area contributed by atoms with Crippen LogP contribution in [-0.4, -0.2) is 24.2 Å². The number of pyridine rings is 1. The fourth-order valence-corrected chi connectivity index (χ4v) is 2.19. The minimum absolute atomic E-state index is 0.526. The van der Waals surface area contributed by atoms with E-state index in [2.05, 4.69) is 16.4 Å². The second-order valence-electron chi connectivity index (χ2n) is 4.76. The predicted octanol–water partition coefficient (Wildman–Crippen LogP) is 2.44. The van der Waals surface area contributed by atoms with Crippen LogP contribution in [0.1, 0.15) is 36.9 Å². The monoisotopic (exact) mass is 234 g/mol. The molecule has 1 aliphatic rings. The van der Waals surface area contributed by atoms with Crippen molar-refractivity contribution in [2.24, 2.45) is 0 Å². The van der Waals surface area contributed by atoms with Gasteiger partial charge in [0.1, 0.15) is 0 Å². The van der Waals surface area contributed by atoms with E-state index in [-0.39, 0.29) is 0 Å². The second-order valence-corrected chi connectivity index (χ2v) is 4.76. The minimum Gasteiger partial charge on any atom is -0.377 e. The highest BCUT2D eigenvalue weighted by molar-refractivity contribution is 5.12.